The van der Waals surface area contributed by atoms with E-state index >= 15 is 0 Å². The van der Waals surface area contributed by atoms with Gasteiger partial charge in [-0.2, -0.15) is 0 Å². The molecule has 118 valence electrons. The number of hydrogen-bond acceptors (Lipinski definition) is 3. The Labute approximate surface area is 137 Å². The molecule has 4 heteroatoms. The highest BCUT2D eigenvalue weighted by Gasteiger charge is 2.15. The molecule has 0 aliphatic heterocycles. The molecule has 1 heterocycles. The van der Waals surface area contributed by atoms with Crippen molar-refractivity contribution in [3.63, 3.8) is 0 Å². The predicted octanol–water partition coefficient (Wildman–Crippen LogP) is 3.57. The first kappa shape index (κ1) is 15.4. The van der Waals surface area contributed by atoms with Crippen LogP contribution in [0.2, 0.25) is 0 Å². The van der Waals surface area contributed by atoms with E-state index in [-0.39, 0.29) is 0 Å². The second kappa shape index (κ2) is 6.34. The SMILES string of the molecule is CCc1ccc(-n2nnc(CN)c2-c2ccc(C)c(C)c2)cc1. The number of nitrogens with zero attached hydrogens (tertiary/aromatic N) is 3. The molecule has 23 heavy (non-hydrogen) atoms. The fraction of sp³-hybridized carbons (Fsp3) is 0.263. The summed E-state index contributed by atoms with van der Waals surface area (Å²) in [5.74, 6) is 0. The number of rotatable bonds is 4. The Bertz CT molecular complexity index is 816. The van der Waals surface area contributed by atoms with E-state index in [0.29, 0.717) is 6.54 Å². The third-order valence-electron chi connectivity index (χ3n) is 4.30. The molecule has 0 bridgehead atoms. The van der Waals surface area contributed by atoms with E-state index in [1.54, 1.807) is 0 Å². The lowest BCUT2D eigenvalue weighted by Crippen LogP contribution is -2.03. The van der Waals surface area contributed by atoms with Crippen LogP contribution < -0.4 is 5.73 Å². The van der Waals surface area contributed by atoms with Crippen molar-refractivity contribution in [1.82, 2.24) is 15.0 Å². The summed E-state index contributed by atoms with van der Waals surface area (Å²) in [6, 6.07) is 14.8. The molecule has 3 rings (SSSR count). The van der Waals surface area contributed by atoms with Gasteiger partial charge in [0.15, 0.2) is 0 Å². The lowest BCUT2D eigenvalue weighted by atomic mass is 10.0. The molecular weight excluding hydrogens is 284 g/mol. The van der Waals surface area contributed by atoms with Crippen molar-refractivity contribution in [2.45, 2.75) is 33.7 Å². The van der Waals surface area contributed by atoms with Crippen LogP contribution in [0.3, 0.4) is 0 Å². The normalized spacial score (nSPS) is 11.0. The van der Waals surface area contributed by atoms with Crippen LogP contribution >= 0.6 is 0 Å². The second-order valence-corrected chi connectivity index (χ2v) is 5.82. The van der Waals surface area contributed by atoms with Gasteiger partial charge in [0.1, 0.15) is 5.69 Å². The second-order valence-electron chi connectivity index (χ2n) is 5.82. The van der Waals surface area contributed by atoms with E-state index in [2.05, 4.69) is 73.5 Å². The van der Waals surface area contributed by atoms with Crippen LogP contribution in [0.15, 0.2) is 42.5 Å². The van der Waals surface area contributed by atoms with Crippen molar-refractivity contribution in [3.05, 3.63) is 64.8 Å². The molecule has 0 fully saturated rings. The van der Waals surface area contributed by atoms with Gasteiger partial charge in [0, 0.05) is 12.1 Å². The highest BCUT2D eigenvalue weighted by Crippen LogP contribution is 2.27. The van der Waals surface area contributed by atoms with E-state index in [1.807, 2.05) is 4.68 Å². The van der Waals surface area contributed by atoms with Crippen LogP contribution in [-0.4, -0.2) is 15.0 Å². The van der Waals surface area contributed by atoms with Crippen LogP contribution in [0.4, 0.5) is 0 Å². The van der Waals surface area contributed by atoms with Gasteiger partial charge in [-0.1, -0.05) is 36.4 Å². The first-order chi connectivity index (χ1) is 11.1. The molecule has 0 amide bonds. The van der Waals surface area contributed by atoms with Gasteiger partial charge in [0.2, 0.25) is 0 Å². The highest BCUT2D eigenvalue weighted by atomic mass is 15.4. The average molecular weight is 306 g/mol. The van der Waals surface area contributed by atoms with Gasteiger partial charge in [0.05, 0.1) is 11.4 Å². The van der Waals surface area contributed by atoms with Crippen molar-refractivity contribution < 1.29 is 0 Å². The molecule has 0 radical (unpaired) electrons. The summed E-state index contributed by atoms with van der Waals surface area (Å²) < 4.78 is 1.88. The molecule has 1 aromatic heterocycles. The molecule has 0 atom stereocenters. The smallest absolute Gasteiger partial charge is 0.105 e. The maximum Gasteiger partial charge on any atom is 0.105 e. The number of aryl methyl sites for hydroxylation is 3. The van der Waals surface area contributed by atoms with E-state index in [0.717, 1.165) is 29.1 Å². The van der Waals surface area contributed by atoms with Gasteiger partial charge in [-0.05, 0) is 55.2 Å². The summed E-state index contributed by atoms with van der Waals surface area (Å²) in [5, 5.41) is 8.60. The van der Waals surface area contributed by atoms with Gasteiger partial charge >= 0.3 is 0 Å². The molecule has 0 unspecified atom stereocenters. The number of benzene rings is 2. The van der Waals surface area contributed by atoms with E-state index < -0.39 is 0 Å². The third-order valence-corrected chi connectivity index (χ3v) is 4.30. The molecular formula is C19H22N4. The van der Waals surface area contributed by atoms with Gasteiger partial charge in [-0.15, -0.1) is 5.10 Å². The maximum absolute atomic E-state index is 5.88. The van der Waals surface area contributed by atoms with Crippen LogP contribution in [-0.2, 0) is 13.0 Å². The average Bonchev–Trinajstić information content (AvgIpc) is 3.01. The summed E-state index contributed by atoms with van der Waals surface area (Å²) in [7, 11) is 0. The van der Waals surface area contributed by atoms with Gasteiger partial charge in [-0.3, -0.25) is 0 Å². The lowest BCUT2D eigenvalue weighted by molar-refractivity contribution is 0.799. The minimum Gasteiger partial charge on any atom is -0.325 e. The molecule has 2 aromatic carbocycles. The molecule has 0 aliphatic carbocycles. The Hall–Kier alpha value is -2.46. The Morgan fingerprint density at radius 1 is 1.00 bits per heavy atom. The monoisotopic (exact) mass is 306 g/mol. The maximum atomic E-state index is 5.88. The minimum atomic E-state index is 0.370. The molecule has 0 aliphatic rings. The lowest BCUT2D eigenvalue weighted by Gasteiger charge is -2.10. The zero-order valence-corrected chi connectivity index (χ0v) is 13.9. The summed E-state index contributed by atoms with van der Waals surface area (Å²) in [6.45, 7) is 6.75. The quantitative estimate of drug-likeness (QED) is 0.801. The molecule has 4 nitrogen and oxygen atoms in total. The predicted molar refractivity (Wildman–Crippen MR) is 93.5 cm³/mol. The van der Waals surface area contributed by atoms with Crippen LogP contribution in [0.25, 0.3) is 16.9 Å². The van der Waals surface area contributed by atoms with E-state index in [4.69, 9.17) is 5.73 Å². The number of nitrogens with two attached hydrogens (primary N) is 1. The Balaban J connectivity index is 2.14. The molecule has 0 saturated heterocycles. The molecule has 0 spiro atoms. The van der Waals surface area contributed by atoms with Crippen molar-refractivity contribution >= 4 is 0 Å². The van der Waals surface area contributed by atoms with Crippen molar-refractivity contribution in [3.8, 4) is 16.9 Å². The summed E-state index contributed by atoms with van der Waals surface area (Å²) >= 11 is 0. The van der Waals surface area contributed by atoms with Crippen LogP contribution in [0, 0.1) is 13.8 Å². The van der Waals surface area contributed by atoms with Gasteiger partial charge in [0.25, 0.3) is 0 Å². The van der Waals surface area contributed by atoms with Crippen LogP contribution in [0.5, 0.6) is 0 Å². The van der Waals surface area contributed by atoms with Crippen molar-refractivity contribution in [2.24, 2.45) is 5.73 Å². The third kappa shape index (κ3) is 2.90. The zero-order chi connectivity index (χ0) is 16.4. The fourth-order valence-corrected chi connectivity index (χ4v) is 2.68. The topological polar surface area (TPSA) is 56.7 Å². The Morgan fingerprint density at radius 2 is 1.74 bits per heavy atom. The summed E-state index contributed by atoms with van der Waals surface area (Å²) in [6.07, 6.45) is 1.02. The summed E-state index contributed by atoms with van der Waals surface area (Å²) in [5.41, 5.74) is 13.6. The zero-order valence-electron chi connectivity index (χ0n) is 13.9. The largest absolute Gasteiger partial charge is 0.325 e. The van der Waals surface area contributed by atoms with Gasteiger partial charge in [-0.25, -0.2) is 4.68 Å². The fourth-order valence-electron chi connectivity index (χ4n) is 2.68. The Kier molecular flexibility index (Phi) is 4.26. The van der Waals surface area contributed by atoms with E-state index in [9.17, 15) is 0 Å². The number of hydrogen-bond donors (Lipinski definition) is 1. The first-order valence-electron chi connectivity index (χ1n) is 7.95. The standard InChI is InChI=1S/C19H22N4/c1-4-15-6-9-17(10-7-15)23-19(18(12-20)21-22-23)16-8-5-13(2)14(3)11-16/h5-11H,4,12,20H2,1-3H3. The first-order valence-corrected chi connectivity index (χ1v) is 7.95. The minimum absolute atomic E-state index is 0.370. The van der Waals surface area contributed by atoms with Crippen LogP contribution in [0.1, 0.15) is 29.3 Å². The Morgan fingerprint density at radius 3 is 2.35 bits per heavy atom. The molecule has 0 saturated carbocycles. The van der Waals surface area contributed by atoms with E-state index in [1.165, 1.54) is 16.7 Å². The number of aromatic nitrogens is 3. The van der Waals surface area contributed by atoms with Crippen molar-refractivity contribution in [1.29, 1.82) is 0 Å². The molecule has 3 aromatic rings. The van der Waals surface area contributed by atoms with Crippen molar-refractivity contribution in [2.75, 3.05) is 0 Å². The molecule has 2 N–H and O–H groups in total. The van der Waals surface area contributed by atoms with Gasteiger partial charge < -0.3 is 5.73 Å². The highest BCUT2D eigenvalue weighted by molar-refractivity contribution is 5.65. The summed E-state index contributed by atoms with van der Waals surface area (Å²) in [4.78, 5) is 0.